The van der Waals surface area contributed by atoms with Gasteiger partial charge in [0.2, 0.25) is 11.8 Å². The van der Waals surface area contributed by atoms with E-state index in [9.17, 15) is 9.59 Å². The zero-order chi connectivity index (χ0) is 18.8. The van der Waals surface area contributed by atoms with Gasteiger partial charge >= 0.3 is 0 Å². The van der Waals surface area contributed by atoms with Gasteiger partial charge in [-0.15, -0.1) is 0 Å². The van der Waals surface area contributed by atoms with Crippen molar-refractivity contribution in [3.05, 3.63) is 52.5 Å². The molecule has 2 aromatic carbocycles. The second-order valence-corrected chi connectivity index (χ2v) is 7.34. The lowest BCUT2D eigenvalue weighted by atomic mass is 10.1. The summed E-state index contributed by atoms with van der Waals surface area (Å²) in [6, 6.07) is 12.5. The predicted octanol–water partition coefficient (Wildman–Crippen LogP) is 4.05. The molecule has 2 aromatic rings. The number of anilines is 3. The number of nitrogens with one attached hydrogen (secondary N) is 1. The maximum atomic E-state index is 12.5. The van der Waals surface area contributed by atoms with Crippen molar-refractivity contribution in [3.63, 3.8) is 0 Å². The van der Waals surface area contributed by atoms with Crippen LogP contribution in [0.15, 0.2) is 42.5 Å². The lowest BCUT2D eigenvalue weighted by Crippen LogP contribution is -2.28. The molecule has 3 rings (SSSR count). The molecule has 26 heavy (non-hydrogen) atoms. The largest absolute Gasteiger partial charge is 0.378 e. The van der Waals surface area contributed by atoms with Crippen molar-refractivity contribution in [2.45, 2.75) is 6.42 Å². The predicted molar refractivity (Wildman–Crippen MR) is 106 cm³/mol. The molecule has 1 aliphatic rings. The molecular formula is C19H19Cl2N3O2. The van der Waals surface area contributed by atoms with Gasteiger partial charge in [0.05, 0.1) is 5.92 Å². The number of hydrogen-bond donors (Lipinski definition) is 1. The van der Waals surface area contributed by atoms with E-state index in [0.29, 0.717) is 22.3 Å². The Kier molecular flexibility index (Phi) is 5.39. The molecule has 7 heteroatoms. The highest BCUT2D eigenvalue weighted by Crippen LogP contribution is 2.28. The van der Waals surface area contributed by atoms with Gasteiger partial charge in [0.15, 0.2) is 0 Å². The fourth-order valence-corrected chi connectivity index (χ4v) is 3.46. The van der Waals surface area contributed by atoms with Crippen LogP contribution in [0.3, 0.4) is 0 Å². The van der Waals surface area contributed by atoms with E-state index in [0.717, 1.165) is 11.4 Å². The fourth-order valence-electron chi connectivity index (χ4n) is 2.93. The molecule has 136 valence electrons. The Balaban J connectivity index is 1.69. The van der Waals surface area contributed by atoms with E-state index in [-0.39, 0.29) is 18.2 Å². The van der Waals surface area contributed by atoms with E-state index in [1.165, 1.54) is 0 Å². The van der Waals surface area contributed by atoms with Crippen molar-refractivity contribution < 1.29 is 9.59 Å². The summed E-state index contributed by atoms with van der Waals surface area (Å²) in [7, 11) is 3.91. The summed E-state index contributed by atoms with van der Waals surface area (Å²) in [6.07, 6.45) is 0.176. The smallest absolute Gasteiger partial charge is 0.229 e. The Morgan fingerprint density at radius 2 is 1.73 bits per heavy atom. The van der Waals surface area contributed by atoms with E-state index in [2.05, 4.69) is 5.32 Å². The summed E-state index contributed by atoms with van der Waals surface area (Å²) in [4.78, 5) is 28.5. The lowest BCUT2D eigenvalue weighted by Gasteiger charge is -2.19. The number of benzene rings is 2. The minimum Gasteiger partial charge on any atom is -0.378 e. The number of amides is 2. The van der Waals surface area contributed by atoms with Gasteiger partial charge in [-0.2, -0.15) is 0 Å². The van der Waals surface area contributed by atoms with Gasteiger partial charge in [-0.3, -0.25) is 9.59 Å². The molecular weight excluding hydrogens is 373 g/mol. The first kappa shape index (κ1) is 18.5. The van der Waals surface area contributed by atoms with E-state index in [1.807, 2.05) is 43.3 Å². The number of carbonyl (C=O) groups is 2. The third kappa shape index (κ3) is 4.11. The Morgan fingerprint density at radius 1 is 1.12 bits per heavy atom. The van der Waals surface area contributed by atoms with Crippen LogP contribution in [0.25, 0.3) is 0 Å². The van der Waals surface area contributed by atoms with Crippen LogP contribution in [0.1, 0.15) is 6.42 Å². The quantitative estimate of drug-likeness (QED) is 0.854. The summed E-state index contributed by atoms with van der Waals surface area (Å²) >= 11 is 11.9. The molecule has 1 N–H and O–H groups in total. The highest BCUT2D eigenvalue weighted by molar-refractivity contribution is 6.35. The van der Waals surface area contributed by atoms with E-state index < -0.39 is 5.92 Å². The minimum atomic E-state index is -0.422. The molecule has 1 unspecified atom stereocenters. The first-order chi connectivity index (χ1) is 12.3. The fraction of sp³-hybridized carbons (Fsp3) is 0.263. The van der Waals surface area contributed by atoms with Crippen molar-refractivity contribution in [2.24, 2.45) is 5.92 Å². The third-order valence-electron chi connectivity index (χ3n) is 4.30. The topological polar surface area (TPSA) is 52.6 Å². The molecule has 1 heterocycles. The molecule has 5 nitrogen and oxygen atoms in total. The van der Waals surface area contributed by atoms with Gasteiger partial charge in [0, 0.05) is 54.2 Å². The van der Waals surface area contributed by atoms with Crippen molar-refractivity contribution in [1.29, 1.82) is 0 Å². The monoisotopic (exact) mass is 391 g/mol. The van der Waals surface area contributed by atoms with E-state index >= 15 is 0 Å². The van der Waals surface area contributed by atoms with Gasteiger partial charge < -0.3 is 15.1 Å². The summed E-state index contributed by atoms with van der Waals surface area (Å²) in [5.41, 5.74) is 2.36. The second kappa shape index (κ2) is 7.56. The number of carbonyl (C=O) groups excluding carboxylic acids is 2. The zero-order valence-corrected chi connectivity index (χ0v) is 16.0. The zero-order valence-electron chi connectivity index (χ0n) is 14.5. The van der Waals surface area contributed by atoms with Gasteiger partial charge in [-0.1, -0.05) is 23.2 Å². The molecule has 0 radical (unpaired) electrons. The van der Waals surface area contributed by atoms with Crippen molar-refractivity contribution in [2.75, 3.05) is 35.8 Å². The Labute approximate surface area is 162 Å². The van der Waals surface area contributed by atoms with Crippen LogP contribution in [-0.2, 0) is 9.59 Å². The van der Waals surface area contributed by atoms with E-state index in [1.54, 1.807) is 23.1 Å². The molecule has 0 aliphatic carbocycles. The molecule has 0 aromatic heterocycles. The van der Waals surface area contributed by atoms with Crippen molar-refractivity contribution in [3.8, 4) is 0 Å². The van der Waals surface area contributed by atoms with Crippen LogP contribution >= 0.6 is 23.2 Å². The first-order valence-corrected chi connectivity index (χ1v) is 8.94. The van der Waals surface area contributed by atoms with Gasteiger partial charge in [-0.05, 0) is 42.5 Å². The molecule has 2 amide bonds. The lowest BCUT2D eigenvalue weighted by molar-refractivity contribution is -0.122. The number of halogens is 2. The summed E-state index contributed by atoms with van der Waals surface area (Å²) in [5, 5.41) is 3.67. The van der Waals surface area contributed by atoms with Crippen LogP contribution < -0.4 is 15.1 Å². The Hall–Kier alpha value is -2.24. The van der Waals surface area contributed by atoms with Gasteiger partial charge in [-0.25, -0.2) is 0 Å². The van der Waals surface area contributed by atoms with Crippen LogP contribution in [0.4, 0.5) is 17.1 Å². The maximum absolute atomic E-state index is 12.5. The number of nitrogens with zero attached hydrogens (tertiary/aromatic N) is 2. The summed E-state index contributed by atoms with van der Waals surface area (Å²) < 4.78 is 0. The van der Waals surface area contributed by atoms with Crippen molar-refractivity contribution >= 4 is 52.1 Å². The molecule has 1 fully saturated rings. The average Bonchev–Trinajstić information content (AvgIpc) is 2.96. The molecule has 1 atom stereocenters. The summed E-state index contributed by atoms with van der Waals surface area (Å²) in [5.74, 6) is -0.704. The normalized spacial score (nSPS) is 16.7. The molecule has 0 bridgehead atoms. The first-order valence-electron chi connectivity index (χ1n) is 8.18. The highest BCUT2D eigenvalue weighted by Gasteiger charge is 2.35. The van der Waals surface area contributed by atoms with Gasteiger partial charge in [0.1, 0.15) is 0 Å². The van der Waals surface area contributed by atoms with Crippen LogP contribution in [0.5, 0.6) is 0 Å². The Bertz CT molecular complexity index is 817. The Morgan fingerprint density at radius 3 is 2.31 bits per heavy atom. The third-order valence-corrected chi connectivity index (χ3v) is 4.74. The van der Waals surface area contributed by atoms with Crippen LogP contribution in [0, 0.1) is 5.92 Å². The van der Waals surface area contributed by atoms with Crippen molar-refractivity contribution in [1.82, 2.24) is 0 Å². The SMILES string of the molecule is CN(C)c1ccc(N2CC(C(=O)Nc3cc(Cl)cc(Cl)c3)CC2=O)cc1. The molecule has 1 aliphatic heterocycles. The molecule has 1 saturated heterocycles. The van der Waals surface area contributed by atoms with Gasteiger partial charge in [0.25, 0.3) is 0 Å². The molecule has 0 saturated carbocycles. The highest BCUT2D eigenvalue weighted by atomic mass is 35.5. The number of hydrogen-bond acceptors (Lipinski definition) is 3. The maximum Gasteiger partial charge on any atom is 0.229 e. The standard InChI is InChI=1S/C19H19Cl2N3O2/c1-23(2)16-3-5-17(6-4-16)24-11-12(7-18(24)25)19(26)22-15-9-13(20)8-14(21)10-15/h3-6,8-10,12H,7,11H2,1-2H3,(H,22,26). The second-order valence-electron chi connectivity index (χ2n) is 6.46. The average molecular weight is 392 g/mol. The van der Waals surface area contributed by atoms with Crippen LogP contribution in [-0.4, -0.2) is 32.5 Å². The number of rotatable bonds is 4. The molecule has 0 spiro atoms. The van der Waals surface area contributed by atoms with Crippen LogP contribution in [0.2, 0.25) is 10.0 Å². The minimum absolute atomic E-state index is 0.0631. The van der Waals surface area contributed by atoms with E-state index in [4.69, 9.17) is 23.2 Å². The summed E-state index contributed by atoms with van der Waals surface area (Å²) in [6.45, 7) is 0.347.